The fraction of sp³-hybridized carbons (Fsp3) is 0.647. The minimum absolute atomic E-state index is 0.156. The topological polar surface area (TPSA) is 12.5 Å². The molecule has 0 amide bonds. The zero-order valence-corrected chi connectivity index (χ0v) is 12.8. The van der Waals surface area contributed by atoms with E-state index in [2.05, 4.69) is 17.0 Å². The van der Waals surface area contributed by atoms with Crippen LogP contribution in [0.15, 0.2) is 30.3 Å². The van der Waals surface area contributed by atoms with Gasteiger partial charge in [-0.25, -0.2) is 0 Å². The largest absolute Gasteiger partial charge is 0.389 e. The van der Waals surface area contributed by atoms with Gasteiger partial charge < -0.3 is 4.74 Å². The van der Waals surface area contributed by atoms with E-state index >= 15 is 0 Å². The number of nitrogens with zero attached hydrogens (tertiary/aromatic N) is 1. The number of hydrogen-bond acceptors (Lipinski definition) is 2. The Morgan fingerprint density at radius 2 is 1.91 bits per heavy atom. The minimum Gasteiger partial charge on any atom is -0.376 e. The van der Waals surface area contributed by atoms with E-state index in [1.54, 1.807) is 0 Å². The summed E-state index contributed by atoms with van der Waals surface area (Å²) in [7, 11) is 0. The standard InChI is InChI=1S/C17H24F3NO/c18-17(19,20)10-5-11-21-12-13-22-16(14-21)9-4-8-15-6-2-1-3-7-15/h1-3,6-7,16H,4-5,8-14H2/t16-/m1/s1. The molecule has 22 heavy (non-hydrogen) atoms. The van der Waals surface area contributed by atoms with Gasteiger partial charge in [0.2, 0.25) is 0 Å². The Hall–Kier alpha value is -1.07. The van der Waals surface area contributed by atoms with Crippen molar-refractivity contribution in [3.05, 3.63) is 35.9 Å². The molecule has 2 rings (SSSR count). The van der Waals surface area contributed by atoms with Crippen molar-refractivity contribution in [2.24, 2.45) is 0 Å². The van der Waals surface area contributed by atoms with Gasteiger partial charge >= 0.3 is 6.18 Å². The summed E-state index contributed by atoms with van der Waals surface area (Å²) >= 11 is 0. The molecular formula is C17H24F3NO. The van der Waals surface area contributed by atoms with Crippen LogP contribution in [-0.4, -0.2) is 43.4 Å². The zero-order chi connectivity index (χ0) is 15.8. The Labute approximate surface area is 130 Å². The molecule has 0 aromatic heterocycles. The van der Waals surface area contributed by atoms with E-state index in [1.807, 2.05) is 18.2 Å². The molecule has 1 aromatic rings. The van der Waals surface area contributed by atoms with Gasteiger partial charge in [0.05, 0.1) is 12.7 Å². The molecule has 5 heteroatoms. The third-order valence-electron chi connectivity index (χ3n) is 3.99. The molecule has 124 valence electrons. The molecule has 1 aromatic carbocycles. The molecule has 1 aliphatic rings. The first kappa shape index (κ1) is 17.3. The molecule has 1 fully saturated rings. The van der Waals surface area contributed by atoms with Crippen molar-refractivity contribution >= 4 is 0 Å². The van der Waals surface area contributed by atoms with Crippen LogP contribution in [0, 0.1) is 0 Å². The van der Waals surface area contributed by atoms with Crippen LogP contribution in [-0.2, 0) is 11.2 Å². The van der Waals surface area contributed by atoms with Gasteiger partial charge in [0.15, 0.2) is 0 Å². The van der Waals surface area contributed by atoms with Crippen LogP contribution in [0.25, 0.3) is 0 Å². The summed E-state index contributed by atoms with van der Waals surface area (Å²) in [6, 6.07) is 10.3. The average Bonchev–Trinajstić information content (AvgIpc) is 2.47. The fourth-order valence-corrected chi connectivity index (χ4v) is 2.84. The van der Waals surface area contributed by atoms with E-state index in [0.717, 1.165) is 32.4 Å². The predicted molar refractivity (Wildman–Crippen MR) is 80.8 cm³/mol. The number of rotatable bonds is 7. The van der Waals surface area contributed by atoms with Crippen molar-refractivity contribution in [1.29, 1.82) is 0 Å². The first-order valence-corrected chi connectivity index (χ1v) is 7.97. The number of hydrogen-bond donors (Lipinski definition) is 0. The van der Waals surface area contributed by atoms with Gasteiger partial charge in [-0.05, 0) is 37.8 Å². The lowest BCUT2D eigenvalue weighted by molar-refractivity contribution is -0.137. The number of halogens is 3. The predicted octanol–water partition coefficient (Wildman–Crippen LogP) is 4.05. The Morgan fingerprint density at radius 3 is 2.64 bits per heavy atom. The maximum atomic E-state index is 12.2. The first-order valence-electron chi connectivity index (χ1n) is 7.97. The molecule has 0 saturated carbocycles. The van der Waals surface area contributed by atoms with Crippen molar-refractivity contribution in [3.8, 4) is 0 Å². The Kier molecular flexibility index (Phi) is 6.70. The molecular weight excluding hydrogens is 291 g/mol. The van der Waals surface area contributed by atoms with Gasteiger partial charge in [0, 0.05) is 19.5 Å². The minimum atomic E-state index is -4.04. The molecule has 0 spiro atoms. The van der Waals surface area contributed by atoms with Crippen LogP contribution in [0.4, 0.5) is 13.2 Å². The number of aryl methyl sites for hydroxylation is 1. The Morgan fingerprint density at radius 1 is 1.14 bits per heavy atom. The number of alkyl halides is 3. The number of benzene rings is 1. The molecule has 0 N–H and O–H groups in total. The lowest BCUT2D eigenvalue weighted by atomic mass is 10.0. The van der Waals surface area contributed by atoms with E-state index in [4.69, 9.17) is 4.74 Å². The molecule has 1 heterocycles. The van der Waals surface area contributed by atoms with Gasteiger partial charge in [0.25, 0.3) is 0 Å². The molecule has 1 aliphatic heterocycles. The zero-order valence-electron chi connectivity index (χ0n) is 12.8. The third kappa shape index (κ3) is 6.79. The average molecular weight is 315 g/mol. The molecule has 1 saturated heterocycles. The number of ether oxygens (including phenoxy) is 1. The van der Waals surface area contributed by atoms with Crippen molar-refractivity contribution in [2.75, 3.05) is 26.2 Å². The lowest BCUT2D eigenvalue weighted by Crippen LogP contribution is -2.43. The van der Waals surface area contributed by atoms with Crippen LogP contribution < -0.4 is 0 Å². The normalized spacial score (nSPS) is 20.2. The summed E-state index contributed by atoms with van der Waals surface area (Å²) in [5.41, 5.74) is 1.32. The van der Waals surface area contributed by atoms with Gasteiger partial charge in [-0.3, -0.25) is 4.90 Å². The Bertz CT molecular complexity index is 422. The van der Waals surface area contributed by atoms with Crippen LogP contribution in [0.3, 0.4) is 0 Å². The van der Waals surface area contributed by atoms with Gasteiger partial charge in [-0.2, -0.15) is 13.2 Å². The quantitative estimate of drug-likeness (QED) is 0.752. The second-order valence-electron chi connectivity index (χ2n) is 5.89. The van der Waals surface area contributed by atoms with E-state index < -0.39 is 12.6 Å². The van der Waals surface area contributed by atoms with Gasteiger partial charge in [-0.15, -0.1) is 0 Å². The van der Waals surface area contributed by atoms with E-state index in [9.17, 15) is 13.2 Å². The monoisotopic (exact) mass is 315 g/mol. The SMILES string of the molecule is FC(F)(F)CCCN1CCO[C@H](CCCc2ccccc2)C1. The van der Waals surface area contributed by atoms with Crippen molar-refractivity contribution in [3.63, 3.8) is 0 Å². The van der Waals surface area contributed by atoms with E-state index in [1.165, 1.54) is 5.56 Å². The fourth-order valence-electron chi connectivity index (χ4n) is 2.84. The van der Waals surface area contributed by atoms with Gasteiger partial charge in [0.1, 0.15) is 0 Å². The van der Waals surface area contributed by atoms with Crippen molar-refractivity contribution in [1.82, 2.24) is 4.90 Å². The highest BCUT2D eigenvalue weighted by atomic mass is 19.4. The summed E-state index contributed by atoms with van der Waals surface area (Å²) in [4.78, 5) is 2.10. The highest BCUT2D eigenvalue weighted by Crippen LogP contribution is 2.22. The Balaban J connectivity index is 1.63. The first-order chi connectivity index (χ1) is 10.5. The summed E-state index contributed by atoms with van der Waals surface area (Å²) in [5, 5.41) is 0. The summed E-state index contributed by atoms with van der Waals surface area (Å²) in [6.45, 7) is 2.64. The van der Waals surface area contributed by atoms with Crippen LogP contribution in [0.5, 0.6) is 0 Å². The number of morpholine rings is 1. The summed E-state index contributed by atoms with van der Waals surface area (Å²) < 4.78 is 42.2. The van der Waals surface area contributed by atoms with E-state index in [-0.39, 0.29) is 12.5 Å². The smallest absolute Gasteiger partial charge is 0.376 e. The maximum Gasteiger partial charge on any atom is 0.389 e. The second kappa shape index (κ2) is 8.53. The van der Waals surface area contributed by atoms with Crippen molar-refractivity contribution in [2.45, 2.75) is 44.4 Å². The maximum absolute atomic E-state index is 12.2. The van der Waals surface area contributed by atoms with Crippen LogP contribution in [0.2, 0.25) is 0 Å². The molecule has 0 radical (unpaired) electrons. The van der Waals surface area contributed by atoms with E-state index in [0.29, 0.717) is 13.2 Å². The van der Waals surface area contributed by atoms with Gasteiger partial charge in [-0.1, -0.05) is 30.3 Å². The van der Waals surface area contributed by atoms with Crippen LogP contribution >= 0.6 is 0 Å². The molecule has 0 aliphatic carbocycles. The van der Waals surface area contributed by atoms with Crippen molar-refractivity contribution < 1.29 is 17.9 Å². The highest BCUT2D eigenvalue weighted by Gasteiger charge is 2.27. The second-order valence-corrected chi connectivity index (χ2v) is 5.89. The summed E-state index contributed by atoms with van der Waals surface area (Å²) in [5.74, 6) is 0. The molecule has 0 unspecified atom stereocenters. The third-order valence-corrected chi connectivity index (χ3v) is 3.99. The molecule has 0 bridgehead atoms. The van der Waals surface area contributed by atoms with Crippen LogP contribution in [0.1, 0.15) is 31.2 Å². The molecule has 1 atom stereocenters. The molecule has 2 nitrogen and oxygen atoms in total. The highest BCUT2D eigenvalue weighted by molar-refractivity contribution is 5.14. The summed E-state index contributed by atoms with van der Waals surface area (Å²) in [6.07, 6.45) is -1.36. The lowest BCUT2D eigenvalue weighted by Gasteiger charge is -2.33.